The standard InChI is InChI=1S/C29H56O10P2/c1-6-9-13-40(32,12-7-2)39-27(15-30)18-35-22-29(8-3,23-36-19-28-20-37-28)21-34-16-26(31)17-38-41(33)14-10-11-24(4)25(41)5/h10-11,24-28,30-31H,6-9,12-23H2,1-5H3/t24?,25-,26?,27?,28?,29?,40?,41?/m1/s1. The molecule has 2 N–H and O–H groups in total. The van der Waals surface area contributed by atoms with Gasteiger partial charge in [0.1, 0.15) is 18.3 Å². The van der Waals surface area contributed by atoms with Gasteiger partial charge in [-0.2, -0.15) is 0 Å². The Morgan fingerprint density at radius 1 is 1.05 bits per heavy atom. The molecule has 0 bridgehead atoms. The Labute approximate surface area is 247 Å². The van der Waals surface area contributed by atoms with Crippen LogP contribution in [-0.4, -0.2) is 112 Å². The number of aliphatic hydroxyl groups excluding tert-OH is 2. The van der Waals surface area contributed by atoms with Gasteiger partial charge in [-0.15, -0.1) is 0 Å². The lowest BCUT2D eigenvalue weighted by atomic mass is 9.88. The van der Waals surface area contributed by atoms with E-state index in [2.05, 4.69) is 13.0 Å². The van der Waals surface area contributed by atoms with Crippen LogP contribution in [0.4, 0.5) is 0 Å². The Kier molecular flexibility index (Phi) is 16.8. The highest BCUT2D eigenvalue weighted by Crippen LogP contribution is 2.56. The van der Waals surface area contributed by atoms with Crippen LogP contribution < -0.4 is 0 Å². The Bertz CT molecular complexity index is 851. The first-order chi connectivity index (χ1) is 19.5. The highest BCUT2D eigenvalue weighted by Gasteiger charge is 2.36. The van der Waals surface area contributed by atoms with Crippen LogP contribution in [-0.2, 0) is 37.1 Å². The predicted octanol–water partition coefficient (Wildman–Crippen LogP) is 4.95. The van der Waals surface area contributed by atoms with Crippen LogP contribution in [0.5, 0.6) is 0 Å². The molecule has 0 aromatic rings. The second-order valence-corrected chi connectivity index (χ2v) is 17.4. The maximum Gasteiger partial charge on any atom is 0.210 e. The topological polar surface area (TPSA) is 133 Å². The molecule has 2 rings (SSSR count). The molecule has 0 radical (unpaired) electrons. The summed E-state index contributed by atoms with van der Waals surface area (Å²) in [6, 6.07) is 0. The van der Waals surface area contributed by atoms with Gasteiger partial charge in [-0.05, 0) is 25.2 Å². The summed E-state index contributed by atoms with van der Waals surface area (Å²) in [6.07, 6.45) is 7.03. The fraction of sp³-hybridized carbons (Fsp3) is 0.931. The van der Waals surface area contributed by atoms with E-state index in [9.17, 15) is 19.3 Å². The Hall–Kier alpha value is -0.120. The zero-order valence-electron chi connectivity index (χ0n) is 25.9. The summed E-state index contributed by atoms with van der Waals surface area (Å²) in [6.45, 7) is 11.9. The molecule has 0 saturated carbocycles. The second kappa shape index (κ2) is 18.6. The molecule has 8 atom stereocenters. The number of ether oxygens (including phenoxy) is 4. The van der Waals surface area contributed by atoms with Gasteiger partial charge in [0.25, 0.3) is 0 Å². The highest BCUT2D eigenvalue weighted by molar-refractivity contribution is 7.60. The summed E-state index contributed by atoms with van der Waals surface area (Å²) in [5.41, 5.74) is -0.609. The van der Waals surface area contributed by atoms with Crippen LogP contribution in [0.1, 0.15) is 60.3 Å². The molecule has 10 nitrogen and oxygen atoms in total. The number of aliphatic hydroxyl groups is 2. The van der Waals surface area contributed by atoms with Crippen LogP contribution in [0, 0.1) is 11.3 Å². The van der Waals surface area contributed by atoms with Crippen LogP contribution in [0.3, 0.4) is 0 Å². The van der Waals surface area contributed by atoms with Crippen LogP contribution >= 0.6 is 14.7 Å². The largest absolute Gasteiger partial charge is 0.394 e. The average molecular weight is 627 g/mol. The van der Waals surface area contributed by atoms with Gasteiger partial charge in [-0.1, -0.05) is 53.2 Å². The van der Waals surface area contributed by atoms with E-state index in [4.69, 9.17) is 28.0 Å². The molecule has 0 aromatic carbocycles. The first kappa shape index (κ1) is 37.1. The molecule has 1 fully saturated rings. The van der Waals surface area contributed by atoms with Gasteiger partial charge in [-0.25, -0.2) is 0 Å². The second-order valence-electron chi connectivity index (χ2n) is 11.8. The molecule has 2 heterocycles. The smallest absolute Gasteiger partial charge is 0.210 e. The molecule has 2 aliphatic rings. The van der Waals surface area contributed by atoms with E-state index in [1.807, 2.05) is 33.8 Å². The van der Waals surface area contributed by atoms with Crippen LogP contribution in [0.2, 0.25) is 0 Å². The summed E-state index contributed by atoms with van der Waals surface area (Å²) in [5.74, 6) is 0.167. The molecule has 2 aliphatic heterocycles. The number of unbranched alkanes of at least 4 members (excludes halogenated alkanes) is 1. The molecular weight excluding hydrogens is 570 g/mol. The minimum Gasteiger partial charge on any atom is -0.394 e. The lowest BCUT2D eigenvalue weighted by Crippen LogP contribution is -2.39. The molecule has 41 heavy (non-hydrogen) atoms. The molecule has 0 aromatic heterocycles. The summed E-state index contributed by atoms with van der Waals surface area (Å²) < 4.78 is 61.3. The number of epoxide rings is 1. The van der Waals surface area contributed by atoms with Crippen molar-refractivity contribution < 1.29 is 47.3 Å². The van der Waals surface area contributed by atoms with Gasteiger partial charge in [0.2, 0.25) is 14.7 Å². The molecule has 0 amide bonds. The molecule has 242 valence electrons. The van der Waals surface area contributed by atoms with Gasteiger partial charge in [0.05, 0.1) is 59.5 Å². The maximum atomic E-state index is 13.3. The van der Waals surface area contributed by atoms with Crippen molar-refractivity contribution in [2.75, 3.05) is 77.9 Å². The number of rotatable bonds is 24. The number of allylic oxidation sites excluding steroid dienone is 2. The van der Waals surface area contributed by atoms with Crippen molar-refractivity contribution in [2.45, 2.75) is 84.3 Å². The average Bonchev–Trinajstić information content (AvgIpc) is 3.77. The van der Waals surface area contributed by atoms with E-state index in [0.717, 1.165) is 19.3 Å². The number of hydrogen-bond acceptors (Lipinski definition) is 10. The van der Waals surface area contributed by atoms with E-state index in [-0.39, 0.29) is 57.3 Å². The van der Waals surface area contributed by atoms with E-state index < -0.39 is 32.4 Å². The quantitative estimate of drug-likeness (QED) is 0.0862. The van der Waals surface area contributed by atoms with Crippen molar-refractivity contribution in [2.24, 2.45) is 11.3 Å². The van der Waals surface area contributed by atoms with Crippen molar-refractivity contribution in [3.8, 4) is 0 Å². The Balaban J connectivity index is 1.90. The summed E-state index contributed by atoms with van der Waals surface area (Å²) in [7, 11) is -5.71. The van der Waals surface area contributed by atoms with E-state index in [1.54, 1.807) is 0 Å². The lowest BCUT2D eigenvalue weighted by Gasteiger charge is -2.33. The van der Waals surface area contributed by atoms with E-state index >= 15 is 0 Å². The highest BCUT2D eigenvalue weighted by atomic mass is 31.2. The zero-order chi connectivity index (χ0) is 30.4. The summed E-state index contributed by atoms with van der Waals surface area (Å²) >= 11 is 0. The van der Waals surface area contributed by atoms with E-state index in [0.29, 0.717) is 44.7 Å². The fourth-order valence-corrected chi connectivity index (χ4v) is 9.62. The lowest BCUT2D eigenvalue weighted by molar-refractivity contribution is -0.0963. The van der Waals surface area contributed by atoms with Gasteiger partial charge in [-0.3, -0.25) is 9.13 Å². The SMILES string of the molecule is CCCCP(=O)(CCC)OC(CO)COCC(CC)(COCC(O)COP1(=O)CC=CC(C)[C@H]1C)COCC1CO1. The molecule has 0 spiro atoms. The molecule has 7 unspecified atom stereocenters. The van der Waals surface area contributed by atoms with Crippen LogP contribution in [0.15, 0.2) is 12.2 Å². The van der Waals surface area contributed by atoms with Crippen molar-refractivity contribution in [3.63, 3.8) is 0 Å². The summed E-state index contributed by atoms with van der Waals surface area (Å²) in [5, 5.41) is 20.5. The third-order valence-electron chi connectivity index (χ3n) is 7.92. The minimum absolute atomic E-state index is 0.0211. The van der Waals surface area contributed by atoms with Crippen molar-refractivity contribution >= 4 is 14.7 Å². The van der Waals surface area contributed by atoms with Gasteiger partial charge >= 0.3 is 0 Å². The zero-order valence-corrected chi connectivity index (χ0v) is 27.7. The van der Waals surface area contributed by atoms with Crippen LogP contribution in [0.25, 0.3) is 0 Å². The van der Waals surface area contributed by atoms with Crippen molar-refractivity contribution in [1.29, 1.82) is 0 Å². The van der Waals surface area contributed by atoms with Crippen molar-refractivity contribution in [1.82, 2.24) is 0 Å². The normalized spacial score (nSPS) is 28.6. The maximum absolute atomic E-state index is 13.3. The molecule has 1 saturated heterocycles. The Morgan fingerprint density at radius 2 is 1.73 bits per heavy atom. The fourth-order valence-electron chi connectivity index (χ4n) is 4.70. The third kappa shape index (κ3) is 13.2. The number of hydrogen-bond donors (Lipinski definition) is 2. The van der Waals surface area contributed by atoms with E-state index in [1.165, 1.54) is 0 Å². The third-order valence-corrected chi connectivity index (χ3v) is 13.7. The predicted molar refractivity (Wildman–Crippen MR) is 162 cm³/mol. The molecule has 12 heteroatoms. The van der Waals surface area contributed by atoms with Gasteiger partial charge in [0, 0.05) is 29.6 Å². The summed E-state index contributed by atoms with van der Waals surface area (Å²) in [4.78, 5) is 0. The monoisotopic (exact) mass is 626 g/mol. The van der Waals surface area contributed by atoms with Crippen molar-refractivity contribution in [3.05, 3.63) is 12.2 Å². The first-order valence-corrected chi connectivity index (χ1v) is 19.2. The first-order valence-electron chi connectivity index (χ1n) is 15.3. The van der Waals surface area contributed by atoms with Gasteiger partial charge in [0.15, 0.2) is 0 Å². The van der Waals surface area contributed by atoms with Gasteiger partial charge < -0.3 is 38.2 Å². The minimum atomic E-state index is -2.86. The molecule has 0 aliphatic carbocycles. The Morgan fingerprint density at radius 3 is 2.34 bits per heavy atom. The molecular formula is C29H56O10P2.